The number of nitrogens with one attached hydrogen (secondary N) is 3. The van der Waals surface area contributed by atoms with Crippen molar-refractivity contribution in [2.75, 3.05) is 12.4 Å². The van der Waals surface area contributed by atoms with Crippen molar-refractivity contribution in [2.24, 2.45) is 5.92 Å². The molecule has 148 valence electrons. The van der Waals surface area contributed by atoms with Crippen molar-refractivity contribution < 1.29 is 17.6 Å². The average Bonchev–Trinajstić information content (AvgIpc) is 3.07. The van der Waals surface area contributed by atoms with Gasteiger partial charge in [-0.1, -0.05) is 0 Å². The zero-order chi connectivity index (χ0) is 19.6. The third kappa shape index (κ3) is 4.52. The molecule has 3 N–H and O–H groups in total. The zero-order valence-electron chi connectivity index (χ0n) is 15.2. The van der Waals surface area contributed by atoms with Gasteiger partial charge in [0.1, 0.15) is 0 Å². The summed E-state index contributed by atoms with van der Waals surface area (Å²) in [4.78, 5) is 11.1. The maximum absolute atomic E-state index is 13.4. The number of benzene rings is 1. The molecule has 0 aliphatic heterocycles. The number of halogens is 3. The lowest BCUT2D eigenvalue weighted by Crippen LogP contribution is -2.36. The number of rotatable bonds is 5. The second-order valence-corrected chi connectivity index (χ2v) is 7.01. The van der Waals surface area contributed by atoms with Gasteiger partial charge in [-0.25, -0.2) is 9.89 Å². The number of anilines is 1. The van der Waals surface area contributed by atoms with Gasteiger partial charge in [0, 0.05) is 23.3 Å². The number of H-pyrrole nitrogens is 1. The van der Waals surface area contributed by atoms with E-state index in [1.807, 2.05) is 14.0 Å². The molecule has 1 atom stereocenters. The van der Waals surface area contributed by atoms with Crippen LogP contribution < -0.4 is 16.4 Å². The summed E-state index contributed by atoms with van der Waals surface area (Å²) < 4.78 is 45.2. The van der Waals surface area contributed by atoms with Crippen molar-refractivity contribution in [2.45, 2.75) is 50.9 Å². The quantitative estimate of drug-likeness (QED) is 0.733. The molecule has 1 heterocycles. The van der Waals surface area contributed by atoms with Gasteiger partial charge in [0.05, 0.1) is 5.56 Å². The molecule has 6 nitrogen and oxygen atoms in total. The van der Waals surface area contributed by atoms with Crippen LogP contribution in [0.15, 0.2) is 27.4 Å². The van der Waals surface area contributed by atoms with Crippen molar-refractivity contribution in [1.82, 2.24) is 15.5 Å². The maximum atomic E-state index is 13.4. The van der Waals surface area contributed by atoms with Crippen molar-refractivity contribution in [1.29, 1.82) is 0 Å². The molecular weight excluding hydrogens is 361 g/mol. The largest absolute Gasteiger partial charge is 0.434 e. The minimum absolute atomic E-state index is 0.0334. The van der Waals surface area contributed by atoms with E-state index in [0.29, 0.717) is 17.5 Å². The number of aromatic amines is 1. The minimum Gasteiger partial charge on any atom is -0.388 e. The second kappa shape index (κ2) is 7.75. The van der Waals surface area contributed by atoms with Gasteiger partial charge in [-0.2, -0.15) is 13.2 Å². The van der Waals surface area contributed by atoms with Crippen LogP contribution in [-0.2, 0) is 6.18 Å². The van der Waals surface area contributed by atoms with Gasteiger partial charge in [-0.15, -0.1) is 5.10 Å². The Balaban J connectivity index is 1.84. The van der Waals surface area contributed by atoms with Crippen molar-refractivity contribution in [3.8, 4) is 11.5 Å². The van der Waals surface area contributed by atoms with Crippen LogP contribution >= 0.6 is 0 Å². The van der Waals surface area contributed by atoms with E-state index in [1.54, 1.807) is 0 Å². The van der Waals surface area contributed by atoms with E-state index in [0.717, 1.165) is 31.7 Å². The second-order valence-electron chi connectivity index (χ2n) is 7.01. The Morgan fingerprint density at radius 3 is 2.52 bits per heavy atom. The van der Waals surface area contributed by atoms with E-state index < -0.39 is 17.5 Å². The molecular formula is C18H23F3N4O2. The van der Waals surface area contributed by atoms with E-state index in [2.05, 4.69) is 20.8 Å². The molecule has 1 aliphatic rings. The van der Waals surface area contributed by atoms with Crippen LogP contribution in [0.3, 0.4) is 0 Å². The predicted molar refractivity (Wildman–Crippen MR) is 95.5 cm³/mol. The third-order valence-corrected chi connectivity index (χ3v) is 5.28. The minimum atomic E-state index is -4.49. The Kier molecular flexibility index (Phi) is 5.59. The van der Waals surface area contributed by atoms with Gasteiger partial charge in [-0.3, -0.25) is 0 Å². The molecule has 0 radical (unpaired) electrons. The fraction of sp³-hybridized carbons (Fsp3) is 0.556. The lowest BCUT2D eigenvalue weighted by molar-refractivity contribution is -0.137. The van der Waals surface area contributed by atoms with E-state index >= 15 is 0 Å². The Labute approximate surface area is 154 Å². The SMILES string of the molecule is CNC1CCC(C(C)Nc2cc(-c3n[nH]c(=O)o3)ccc2C(F)(F)F)CC1. The fourth-order valence-corrected chi connectivity index (χ4v) is 3.67. The van der Waals surface area contributed by atoms with Gasteiger partial charge in [0.2, 0.25) is 5.89 Å². The molecule has 27 heavy (non-hydrogen) atoms. The highest BCUT2D eigenvalue weighted by atomic mass is 19.4. The first kappa shape index (κ1) is 19.5. The van der Waals surface area contributed by atoms with Crippen LogP contribution in [0.2, 0.25) is 0 Å². The van der Waals surface area contributed by atoms with Gasteiger partial charge < -0.3 is 15.1 Å². The number of hydrogen-bond acceptors (Lipinski definition) is 5. The Morgan fingerprint density at radius 1 is 1.26 bits per heavy atom. The average molecular weight is 384 g/mol. The normalized spacial score (nSPS) is 21.8. The van der Waals surface area contributed by atoms with E-state index in [-0.39, 0.29) is 17.6 Å². The zero-order valence-corrected chi connectivity index (χ0v) is 15.2. The predicted octanol–water partition coefficient (Wildman–Crippen LogP) is 3.63. The van der Waals surface area contributed by atoms with Crippen molar-refractivity contribution in [3.05, 3.63) is 34.3 Å². The number of alkyl halides is 3. The summed E-state index contributed by atoms with van der Waals surface area (Å²) in [5.41, 5.74) is -0.483. The van der Waals surface area contributed by atoms with Crippen LogP contribution in [0.5, 0.6) is 0 Å². The summed E-state index contributed by atoms with van der Waals surface area (Å²) in [5, 5.41) is 12.1. The summed E-state index contributed by atoms with van der Waals surface area (Å²) in [7, 11) is 1.93. The molecule has 1 fully saturated rings. The lowest BCUT2D eigenvalue weighted by atomic mass is 9.82. The first-order chi connectivity index (χ1) is 12.8. The molecule has 9 heteroatoms. The van der Waals surface area contributed by atoms with Crippen LogP contribution in [0, 0.1) is 5.92 Å². The molecule has 0 saturated heterocycles. The van der Waals surface area contributed by atoms with Crippen molar-refractivity contribution >= 4 is 5.69 Å². The van der Waals surface area contributed by atoms with Crippen LogP contribution in [0.1, 0.15) is 38.2 Å². The Hall–Kier alpha value is -2.29. The van der Waals surface area contributed by atoms with E-state index in [4.69, 9.17) is 4.42 Å². The van der Waals surface area contributed by atoms with Gasteiger partial charge >= 0.3 is 11.9 Å². The summed E-state index contributed by atoms with van der Waals surface area (Å²) >= 11 is 0. The molecule has 2 aromatic rings. The first-order valence-electron chi connectivity index (χ1n) is 8.99. The highest BCUT2D eigenvalue weighted by Crippen LogP contribution is 2.38. The Bertz CT molecular complexity index is 822. The summed E-state index contributed by atoms with van der Waals surface area (Å²) in [6, 6.07) is 3.92. The molecule has 3 rings (SSSR count). The monoisotopic (exact) mass is 384 g/mol. The topological polar surface area (TPSA) is 83.0 Å². The van der Waals surface area contributed by atoms with Gasteiger partial charge in [-0.05, 0) is 63.8 Å². The van der Waals surface area contributed by atoms with Gasteiger partial charge in [0.25, 0.3) is 0 Å². The molecule has 0 amide bonds. The number of aromatic nitrogens is 2. The number of hydrogen-bond donors (Lipinski definition) is 3. The van der Waals surface area contributed by atoms with E-state index in [9.17, 15) is 18.0 Å². The van der Waals surface area contributed by atoms with E-state index in [1.165, 1.54) is 12.1 Å². The first-order valence-corrected chi connectivity index (χ1v) is 8.99. The molecule has 1 saturated carbocycles. The summed E-state index contributed by atoms with van der Waals surface area (Å²) in [6.45, 7) is 1.91. The smallest absolute Gasteiger partial charge is 0.388 e. The highest BCUT2D eigenvalue weighted by Gasteiger charge is 2.35. The molecule has 0 bridgehead atoms. The maximum Gasteiger partial charge on any atom is 0.434 e. The Morgan fingerprint density at radius 2 is 1.96 bits per heavy atom. The number of nitrogens with zero attached hydrogens (tertiary/aromatic N) is 1. The molecule has 1 aromatic carbocycles. The molecule has 0 spiro atoms. The van der Waals surface area contributed by atoms with Crippen LogP contribution in [-0.4, -0.2) is 29.3 Å². The van der Waals surface area contributed by atoms with Gasteiger partial charge in [0.15, 0.2) is 0 Å². The molecule has 1 unspecified atom stereocenters. The van der Waals surface area contributed by atoms with Crippen LogP contribution in [0.4, 0.5) is 18.9 Å². The standard InChI is InChI=1S/C18H23F3N4O2/c1-10(11-3-6-13(22-2)7-4-11)23-15-9-12(16-24-25-17(26)27-16)5-8-14(15)18(19,20)21/h5,8-11,13,22-23H,3-4,6-7H2,1-2H3,(H,25,26). The highest BCUT2D eigenvalue weighted by molar-refractivity contribution is 5.65. The van der Waals surface area contributed by atoms with Crippen LogP contribution in [0.25, 0.3) is 11.5 Å². The summed E-state index contributed by atoms with van der Waals surface area (Å²) in [5.74, 6) is -0.504. The lowest BCUT2D eigenvalue weighted by Gasteiger charge is -2.33. The summed E-state index contributed by atoms with van der Waals surface area (Å²) in [6.07, 6.45) is -0.559. The molecule has 1 aromatic heterocycles. The molecule has 1 aliphatic carbocycles. The fourth-order valence-electron chi connectivity index (χ4n) is 3.67. The van der Waals surface area contributed by atoms with Crippen molar-refractivity contribution in [3.63, 3.8) is 0 Å². The third-order valence-electron chi connectivity index (χ3n) is 5.28.